The number of nitroso groups, excluding NO2 is 1. The predicted octanol–water partition coefficient (Wildman–Crippen LogP) is 3.13. The zero-order chi connectivity index (χ0) is 8.81. The molecule has 0 aliphatic heterocycles. The van der Waals surface area contributed by atoms with Crippen LogP contribution in [0.5, 0.6) is 0 Å². The van der Waals surface area contributed by atoms with E-state index in [0.29, 0.717) is 12.3 Å². The Morgan fingerprint density at radius 1 is 1.42 bits per heavy atom. The van der Waals surface area contributed by atoms with Gasteiger partial charge in [-0.05, 0) is 36.4 Å². The van der Waals surface area contributed by atoms with E-state index in [4.69, 9.17) is 4.18 Å². The summed E-state index contributed by atoms with van der Waals surface area (Å²) in [5, 5.41) is 2.79. The van der Waals surface area contributed by atoms with Crippen LogP contribution in [-0.2, 0) is 4.18 Å². The molecule has 0 saturated carbocycles. The molecular formula is C8H9NO2S. The highest BCUT2D eigenvalue weighted by Crippen LogP contribution is 2.21. The van der Waals surface area contributed by atoms with Crippen molar-refractivity contribution in [3.05, 3.63) is 29.2 Å². The first-order valence-electron chi connectivity index (χ1n) is 3.59. The summed E-state index contributed by atoms with van der Waals surface area (Å²) in [7, 11) is 0. The van der Waals surface area contributed by atoms with E-state index in [1.807, 2.05) is 6.92 Å². The van der Waals surface area contributed by atoms with Crippen molar-refractivity contribution >= 4 is 17.7 Å². The van der Waals surface area contributed by atoms with Crippen molar-refractivity contribution in [3.8, 4) is 0 Å². The number of rotatable bonds is 4. The molecule has 0 unspecified atom stereocenters. The van der Waals surface area contributed by atoms with E-state index in [0.717, 1.165) is 4.90 Å². The van der Waals surface area contributed by atoms with Crippen LogP contribution in [0.15, 0.2) is 34.3 Å². The van der Waals surface area contributed by atoms with Gasteiger partial charge in [0.2, 0.25) is 0 Å². The van der Waals surface area contributed by atoms with Gasteiger partial charge in [0, 0.05) is 16.9 Å². The zero-order valence-electron chi connectivity index (χ0n) is 6.69. The molecule has 1 rings (SSSR count). The largest absolute Gasteiger partial charge is 0.311 e. The smallest absolute Gasteiger partial charge is 0.108 e. The lowest BCUT2D eigenvalue weighted by Crippen LogP contribution is -1.77. The molecule has 0 aliphatic carbocycles. The first kappa shape index (κ1) is 9.22. The second-order valence-corrected chi connectivity index (χ2v) is 2.95. The Kier molecular flexibility index (Phi) is 3.76. The van der Waals surface area contributed by atoms with Gasteiger partial charge in [0.1, 0.15) is 5.69 Å². The van der Waals surface area contributed by atoms with Gasteiger partial charge in [-0.2, -0.15) is 0 Å². The van der Waals surface area contributed by atoms with Crippen LogP contribution in [0.4, 0.5) is 5.69 Å². The first-order chi connectivity index (χ1) is 5.86. The summed E-state index contributed by atoms with van der Waals surface area (Å²) in [5.41, 5.74) is 0.441. The predicted molar refractivity (Wildman–Crippen MR) is 49.4 cm³/mol. The number of benzene rings is 1. The van der Waals surface area contributed by atoms with Crippen molar-refractivity contribution in [1.29, 1.82) is 0 Å². The van der Waals surface area contributed by atoms with Crippen molar-refractivity contribution in [2.45, 2.75) is 11.8 Å². The Morgan fingerprint density at radius 2 is 2.08 bits per heavy atom. The van der Waals surface area contributed by atoms with Crippen LogP contribution in [-0.4, -0.2) is 6.61 Å². The highest BCUT2D eigenvalue weighted by molar-refractivity contribution is 7.94. The first-order valence-corrected chi connectivity index (χ1v) is 4.34. The van der Waals surface area contributed by atoms with Crippen molar-refractivity contribution in [1.82, 2.24) is 0 Å². The van der Waals surface area contributed by atoms with E-state index in [1.165, 1.54) is 12.0 Å². The zero-order valence-corrected chi connectivity index (χ0v) is 7.50. The molecule has 0 spiro atoms. The summed E-state index contributed by atoms with van der Waals surface area (Å²) < 4.78 is 5.10. The molecule has 3 nitrogen and oxygen atoms in total. The van der Waals surface area contributed by atoms with Gasteiger partial charge in [-0.25, -0.2) is 0 Å². The van der Waals surface area contributed by atoms with Crippen molar-refractivity contribution < 1.29 is 4.18 Å². The standard InChI is InChI=1S/C8H9NO2S/c1-2-11-12-8-5-3-7(9-10)4-6-8/h3-6H,2H2,1H3. The SMILES string of the molecule is CCOSc1ccc(N=O)cc1. The van der Waals surface area contributed by atoms with Gasteiger partial charge in [0.25, 0.3) is 0 Å². The van der Waals surface area contributed by atoms with Gasteiger partial charge >= 0.3 is 0 Å². The van der Waals surface area contributed by atoms with Gasteiger partial charge in [-0.1, -0.05) is 0 Å². The second-order valence-electron chi connectivity index (χ2n) is 2.08. The van der Waals surface area contributed by atoms with Gasteiger partial charge in [0.15, 0.2) is 0 Å². The topological polar surface area (TPSA) is 38.7 Å². The number of hydrogen-bond acceptors (Lipinski definition) is 4. The molecule has 0 heterocycles. The van der Waals surface area contributed by atoms with Gasteiger partial charge < -0.3 is 4.18 Å². The van der Waals surface area contributed by atoms with Crippen LogP contribution in [0.3, 0.4) is 0 Å². The molecule has 0 bridgehead atoms. The maximum absolute atomic E-state index is 10.0. The van der Waals surface area contributed by atoms with Gasteiger partial charge in [-0.15, -0.1) is 4.91 Å². The monoisotopic (exact) mass is 183 g/mol. The van der Waals surface area contributed by atoms with Gasteiger partial charge in [-0.3, -0.25) is 0 Å². The average molecular weight is 183 g/mol. The normalized spacial score (nSPS) is 9.75. The molecule has 0 radical (unpaired) electrons. The molecule has 12 heavy (non-hydrogen) atoms. The Morgan fingerprint density at radius 3 is 2.58 bits per heavy atom. The third-order valence-corrected chi connectivity index (χ3v) is 2.03. The lowest BCUT2D eigenvalue weighted by molar-refractivity contribution is 0.402. The average Bonchev–Trinajstić information content (AvgIpc) is 2.15. The summed E-state index contributed by atoms with van der Waals surface area (Å²) in [6, 6.07) is 6.93. The van der Waals surface area contributed by atoms with Crippen molar-refractivity contribution in [3.63, 3.8) is 0 Å². The van der Waals surface area contributed by atoms with E-state index in [1.54, 1.807) is 24.3 Å². The number of nitrogens with zero attached hydrogens (tertiary/aromatic N) is 1. The van der Waals surface area contributed by atoms with E-state index in [2.05, 4.69) is 5.18 Å². The van der Waals surface area contributed by atoms with E-state index in [9.17, 15) is 4.91 Å². The highest BCUT2D eigenvalue weighted by atomic mass is 32.2. The molecule has 0 aliphatic rings. The Bertz CT molecular complexity index is 248. The maximum Gasteiger partial charge on any atom is 0.108 e. The fourth-order valence-corrected chi connectivity index (χ4v) is 1.19. The lowest BCUT2D eigenvalue weighted by Gasteiger charge is -1.98. The molecule has 4 heteroatoms. The molecule has 1 aromatic carbocycles. The minimum Gasteiger partial charge on any atom is -0.311 e. The Hall–Kier alpha value is -0.870. The van der Waals surface area contributed by atoms with Crippen molar-refractivity contribution in [2.75, 3.05) is 6.61 Å². The van der Waals surface area contributed by atoms with Crippen LogP contribution in [0.1, 0.15) is 6.92 Å². The molecule has 0 fully saturated rings. The van der Waals surface area contributed by atoms with Crippen LogP contribution in [0.25, 0.3) is 0 Å². The van der Waals surface area contributed by atoms with E-state index < -0.39 is 0 Å². The number of hydrogen-bond donors (Lipinski definition) is 0. The quantitative estimate of drug-likeness (QED) is 0.531. The molecule has 0 saturated heterocycles. The second kappa shape index (κ2) is 4.90. The molecule has 0 amide bonds. The van der Waals surface area contributed by atoms with E-state index in [-0.39, 0.29) is 0 Å². The van der Waals surface area contributed by atoms with E-state index >= 15 is 0 Å². The Labute approximate surface area is 75.3 Å². The molecule has 0 aromatic heterocycles. The molecule has 64 valence electrons. The lowest BCUT2D eigenvalue weighted by atomic mass is 10.3. The van der Waals surface area contributed by atoms with Crippen LogP contribution in [0.2, 0.25) is 0 Å². The van der Waals surface area contributed by atoms with Gasteiger partial charge in [0.05, 0.1) is 6.61 Å². The summed E-state index contributed by atoms with van der Waals surface area (Å²) in [5.74, 6) is 0. The fraction of sp³-hybridized carbons (Fsp3) is 0.250. The van der Waals surface area contributed by atoms with Crippen LogP contribution in [0, 0.1) is 4.91 Å². The maximum atomic E-state index is 10.0. The summed E-state index contributed by atoms with van der Waals surface area (Å²) in [4.78, 5) is 11.0. The minimum absolute atomic E-state index is 0.441. The third kappa shape index (κ3) is 2.64. The van der Waals surface area contributed by atoms with Crippen LogP contribution < -0.4 is 0 Å². The molecular weight excluding hydrogens is 174 g/mol. The molecule has 0 N–H and O–H groups in total. The van der Waals surface area contributed by atoms with Crippen molar-refractivity contribution in [2.24, 2.45) is 5.18 Å². The van der Waals surface area contributed by atoms with Crippen LogP contribution >= 0.6 is 12.0 Å². The summed E-state index contributed by atoms with van der Waals surface area (Å²) in [6.45, 7) is 2.59. The summed E-state index contributed by atoms with van der Waals surface area (Å²) in [6.07, 6.45) is 0. The summed E-state index contributed by atoms with van der Waals surface area (Å²) >= 11 is 1.30. The highest BCUT2D eigenvalue weighted by Gasteiger charge is 1.94. The molecule has 1 aromatic rings. The fourth-order valence-electron chi connectivity index (χ4n) is 0.690. The third-order valence-electron chi connectivity index (χ3n) is 1.22. The minimum atomic E-state index is 0.441. The molecule has 0 atom stereocenters. The Balaban J connectivity index is 2.58.